The number of piperidine rings is 1. The zero-order valence-corrected chi connectivity index (χ0v) is 15.1. The van der Waals surface area contributed by atoms with Crippen molar-refractivity contribution in [1.29, 1.82) is 0 Å². The van der Waals surface area contributed by atoms with Gasteiger partial charge in [-0.3, -0.25) is 9.59 Å². The summed E-state index contributed by atoms with van der Waals surface area (Å²) in [4.78, 5) is 25.7. The van der Waals surface area contributed by atoms with Gasteiger partial charge in [0.15, 0.2) is 6.61 Å². The Morgan fingerprint density at radius 1 is 1.40 bits per heavy atom. The van der Waals surface area contributed by atoms with E-state index in [-0.39, 0.29) is 34.9 Å². The number of likely N-dealkylation sites (tertiary alicyclic amines) is 1. The summed E-state index contributed by atoms with van der Waals surface area (Å²) in [7, 11) is 0. The van der Waals surface area contributed by atoms with Gasteiger partial charge in [0.05, 0.1) is 10.4 Å². The second kappa shape index (κ2) is 6.83. The molecule has 1 aromatic rings. The largest absolute Gasteiger partial charge is 0.484 e. The smallest absolute Gasteiger partial charge is 0.260 e. The molecule has 25 heavy (non-hydrogen) atoms. The Morgan fingerprint density at radius 3 is 2.64 bits per heavy atom. The van der Waals surface area contributed by atoms with Crippen LogP contribution in [0.4, 0.5) is 4.39 Å². The first-order valence-corrected chi connectivity index (χ1v) is 8.83. The van der Waals surface area contributed by atoms with E-state index < -0.39 is 5.82 Å². The Balaban J connectivity index is 1.47. The molecule has 0 unspecified atom stereocenters. The summed E-state index contributed by atoms with van der Waals surface area (Å²) >= 11 is 5.70. The van der Waals surface area contributed by atoms with Crippen LogP contribution in [0.2, 0.25) is 5.02 Å². The molecule has 1 atom stereocenters. The number of hydrogen-bond donors (Lipinski definition) is 1. The highest BCUT2D eigenvalue weighted by molar-refractivity contribution is 6.30. The zero-order chi connectivity index (χ0) is 18.2. The fourth-order valence-electron chi connectivity index (χ4n) is 3.56. The minimum absolute atomic E-state index is 0.0316. The van der Waals surface area contributed by atoms with Crippen LogP contribution in [-0.2, 0) is 9.59 Å². The minimum Gasteiger partial charge on any atom is -0.484 e. The SMILES string of the molecule is CC1(C)C(=O)N[C@H]1C1CCN(C(=O)COc2ccc(F)c(Cl)c2)CC1. The van der Waals surface area contributed by atoms with E-state index in [1.54, 1.807) is 4.90 Å². The highest BCUT2D eigenvalue weighted by atomic mass is 35.5. The maximum Gasteiger partial charge on any atom is 0.260 e. The number of amides is 2. The Morgan fingerprint density at radius 2 is 2.08 bits per heavy atom. The molecule has 0 bridgehead atoms. The van der Waals surface area contributed by atoms with Crippen LogP contribution in [0.25, 0.3) is 0 Å². The summed E-state index contributed by atoms with van der Waals surface area (Å²) in [6, 6.07) is 4.21. The summed E-state index contributed by atoms with van der Waals surface area (Å²) in [5, 5.41) is 2.96. The molecule has 2 amide bonds. The van der Waals surface area contributed by atoms with Gasteiger partial charge in [-0.1, -0.05) is 11.6 Å². The van der Waals surface area contributed by atoms with Crippen molar-refractivity contribution in [3.63, 3.8) is 0 Å². The third-order valence-corrected chi connectivity index (χ3v) is 5.56. The number of rotatable bonds is 4. The molecule has 2 fully saturated rings. The Labute approximate surface area is 151 Å². The Hall–Kier alpha value is -1.82. The average Bonchev–Trinajstić information content (AvgIpc) is 2.60. The third-order valence-electron chi connectivity index (χ3n) is 5.27. The molecule has 1 N–H and O–H groups in total. The van der Waals surface area contributed by atoms with Crippen LogP contribution >= 0.6 is 11.6 Å². The topological polar surface area (TPSA) is 58.6 Å². The molecule has 5 nitrogen and oxygen atoms in total. The first-order chi connectivity index (χ1) is 11.8. The molecule has 7 heteroatoms. The van der Waals surface area contributed by atoms with Crippen molar-refractivity contribution in [3.8, 4) is 5.75 Å². The fraction of sp³-hybridized carbons (Fsp3) is 0.556. The predicted molar refractivity (Wildman–Crippen MR) is 91.9 cm³/mol. The van der Waals surface area contributed by atoms with E-state index in [1.807, 2.05) is 13.8 Å². The first-order valence-electron chi connectivity index (χ1n) is 8.45. The van der Waals surface area contributed by atoms with E-state index in [9.17, 15) is 14.0 Å². The number of hydrogen-bond acceptors (Lipinski definition) is 3. The molecule has 136 valence electrons. The first kappa shape index (κ1) is 18.0. The molecule has 0 radical (unpaired) electrons. The molecule has 0 aromatic heterocycles. The van der Waals surface area contributed by atoms with Gasteiger partial charge in [0.25, 0.3) is 5.91 Å². The summed E-state index contributed by atoms with van der Waals surface area (Å²) in [5.41, 5.74) is -0.318. The molecule has 0 aliphatic carbocycles. The van der Waals surface area contributed by atoms with Crippen molar-refractivity contribution in [2.24, 2.45) is 11.3 Å². The van der Waals surface area contributed by atoms with Crippen molar-refractivity contribution in [2.45, 2.75) is 32.7 Å². The molecule has 3 rings (SSSR count). The van der Waals surface area contributed by atoms with E-state index in [0.29, 0.717) is 24.8 Å². The van der Waals surface area contributed by atoms with Gasteiger partial charge in [-0.05, 0) is 44.7 Å². The normalized spacial score (nSPS) is 23.0. The van der Waals surface area contributed by atoms with E-state index >= 15 is 0 Å². The zero-order valence-electron chi connectivity index (χ0n) is 14.4. The van der Waals surface area contributed by atoms with Gasteiger partial charge in [0.2, 0.25) is 5.91 Å². The van der Waals surface area contributed by atoms with E-state index in [1.165, 1.54) is 18.2 Å². The highest BCUT2D eigenvalue weighted by Gasteiger charge is 2.51. The van der Waals surface area contributed by atoms with E-state index in [2.05, 4.69) is 5.32 Å². The minimum atomic E-state index is -0.520. The lowest BCUT2D eigenvalue weighted by Gasteiger charge is -2.50. The maximum atomic E-state index is 13.1. The molecular weight excluding hydrogens is 347 g/mol. The quantitative estimate of drug-likeness (QED) is 0.831. The molecular formula is C18H22ClFN2O3. The van der Waals surface area contributed by atoms with Gasteiger partial charge < -0.3 is 15.0 Å². The average molecular weight is 369 g/mol. The van der Waals surface area contributed by atoms with Crippen molar-refractivity contribution >= 4 is 23.4 Å². The van der Waals surface area contributed by atoms with Crippen molar-refractivity contribution in [3.05, 3.63) is 29.0 Å². The van der Waals surface area contributed by atoms with Crippen molar-refractivity contribution in [1.82, 2.24) is 10.2 Å². The van der Waals surface area contributed by atoms with Crippen LogP contribution in [0.1, 0.15) is 26.7 Å². The third kappa shape index (κ3) is 3.59. The number of benzene rings is 1. The fourth-order valence-corrected chi connectivity index (χ4v) is 3.73. The van der Waals surface area contributed by atoms with Crippen LogP contribution in [0.5, 0.6) is 5.75 Å². The van der Waals surface area contributed by atoms with Gasteiger partial charge in [-0.15, -0.1) is 0 Å². The van der Waals surface area contributed by atoms with E-state index in [0.717, 1.165) is 12.8 Å². The Kier molecular flexibility index (Phi) is 4.91. The summed E-state index contributed by atoms with van der Waals surface area (Å²) in [6.07, 6.45) is 1.73. The lowest BCUT2D eigenvalue weighted by molar-refractivity contribution is -0.147. The molecule has 0 spiro atoms. The Bertz CT molecular complexity index is 687. The number of nitrogens with zero attached hydrogens (tertiary/aromatic N) is 1. The molecule has 0 saturated carbocycles. The van der Waals surface area contributed by atoms with Gasteiger partial charge in [-0.25, -0.2) is 4.39 Å². The van der Waals surface area contributed by atoms with Crippen LogP contribution < -0.4 is 10.1 Å². The predicted octanol–water partition coefficient (Wildman–Crippen LogP) is 2.62. The molecule has 2 aliphatic heterocycles. The number of ether oxygens (including phenoxy) is 1. The summed E-state index contributed by atoms with van der Waals surface area (Å²) < 4.78 is 18.5. The maximum absolute atomic E-state index is 13.1. The van der Waals surface area contributed by atoms with Gasteiger partial charge in [0.1, 0.15) is 11.6 Å². The number of halogens is 2. The second-order valence-corrected chi connectivity index (χ2v) is 7.66. The summed E-state index contributed by atoms with van der Waals surface area (Å²) in [5.74, 6) is 0.244. The van der Waals surface area contributed by atoms with Crippen molar-refractivity contribution < 1.29 is 18.7 Å². The van der Waals surface area contributed by atoms with Crippen LogP contribution in [0.15, 0.2) is 18.2 Å². The molecule has 2 heterocycles. The molecule has 2 aliphatic rings. The lowest BCUT2D eigenvalue weighted by atomic mass is 9.68. The van der Waals surface area contributed by atoms with Gasteiger partial charge in [0, 0.05) is 25.2 Å². The molecule has 2 saturated heterocycles. The highest BCUT2D eigenvalue weighted by Crippen LogP contribution is 2.38. The molecule has 1 aromatic carbocycles. The van der Waals surface area contributed by atoms with Crippen LogP contribution in [-0.4, -0.2) is 42.5 Å². The van der Waals surface area contributed by atoms with Crippen LogP contribution in [0, 0.1) is 17.2 Å². The van der Waals surface area contributed by atoms with E-state index in [4.69, 9.17) is 16.3 Å². The number of carbonyl (C=O) groups is 2. The summed E-state index contributed by atoms with van der Waals surface area (Å²) in [6.45, 7) is 5.14. The van der Waals surface area contributed by atoms with Crippen LogP contribution in [0.3, 0.4) is 0 Å². The number of carbonyl (C=O) groups excluding carboxylic acids is 2. The second-order valence-electron chi connectivity index (χ2n) is 7.26. The van der Waals surface area contributed by atoms with Gasteiger partial charge in [-0.2, -0.15) is 0 Å². The number of β-lactam (4-membered cyclic amide) rings is 1. The number of nitrogens with one attached hydrogen (secondary N) is 1. The lowest BCUT2D eigenvalue weighted by Crippen LogP contribution is -2.68. The van der Waals surface area contributed by atoms with Gasteiger partial charge >= 0.3 is 0 Å². The monoisotopic (exact) mass is 368 g/mol. The van der Waals surface area contributed by atoms with Crippen molar-refractivity contribution in [2.75, 3.05) is 19.7 Å². The standard InChI is InChI=1S/C18H22ClFN2O3/c1-18(2)16(21-17(18)24)11-5-7-22(8-6-11)15(23)10-25-12-3-4-14(20)13(19)9-12/h3-4,9,11,16H,5-8,10H2,1-2H3,(H,21,24)/t16-/m0/s1.